The van der Waals surface area contributed by atoms with Gasteiger partial charge in [-0.1, -0.05) is 13.0 Å². The molecule has 0 spiro atoms. The molecule has 0 aliphatic heterocycles. The van der Waals surface area contributed by atoms with E-state index in [2.05, 4.69) is 0 Å². The topological polar surface area (TPSA) is 141 Å². The molecule has 2 rings (SSSR count). The van der Waals surface area contributed by atoms with Gasteiger partial charge in [0.1, 0.15) is 6.10 Å². The van der Waals surface area contributed by atoms with E-state index in [4.69, 9.17) is 14.3 Å². The summed E-state index contributed by atoms with van der Waals surface area (Å²) in [4.78, 5) is 28.0. The molecule has 1 aliphatic carbocycles. The zero-order valence-electron chi connectivity index (χ0n) is 13.5. The number of aliphatic hydroxyl groups excluding tert-OH is 2. The van der Waals surface area contributed by atoms with Crippen LogP contribution in [0.5, 0.6) is 11.5 Å². The average Bonchev–Trinajstić information content (AvgIpc) is 2.54. The van der Waals surface area contributed by atoms with Crippen molar-refractivity contribution in [2.24, 2.45) is 5.92 Å². The standard InChI is InChI=1S/C16H20O6.CO2/c1-9-6-11(17)8-14(16(9)21)22-15(20)5-3-10-2-4-12(18)13(19)7-10;2-1-3/h2-5,7,9,11,14,16-19,21H,6,8H2,1H3;/b5-3+;/t9-,11+,14-,16-;/m1./s1. The van der Waals surface area contributed by atoms with Crippen molar-refractivity contribution < 1.29 is 39.5 Å². The fraction of sp³-hybridized carbons (Fsp3) is 0.412. The van der Waals surface area contributed by atoms with Crippen LogP contribution >= 0.6 is 0 Å². The first kappa shape index (κ1) is 20.4. The summed E-state index contributed by atoms with van der Waals surface area (Å²) in [5.74, 6) is -1.30. The van der Waals surface area contributed by atoms with Gasteiger partial charge in [0, 0.05) is 12.5 Å². The summed E-state index contributed by atoms with van der Waals surface area (Å²) in [7, 11) is 0. The maximum Gasteiger partial charge on any atom is 0.373 e. The number of ether oxygens (including phenoxy) is 1. The van der Waals surface area contributed by atoms with Gasteiger partial charge in [-0.2, -0.15) is 9.59 Å². The average molecular weight is 352 g/mol. The SMILES string of the molecule is C[C@@H]1C[C@H](O)C[C@@H](OC(=O)/C=C/c2ccc(O)c(O)c2)[C@@H]1O.O=C=O. The Morgan fingerprint density at radius 2 is 1.84 bits per heavy atom. The fourth-order valence-corrected chi connectivity index (χ4v) is 2.55. The molecule has 0 amide bonds. The van der Waals surface area contributed by atoms with E-state index in [0.717, 1.165) is 0 Å². The van der Waals surface area contributed by atoms with Crippen molar-refractivity contribution >= 4 is 18.2 Å². The molecule has 0 heterocycles. The van der Waals surface area contributed by atoms with E-state index in [1.165, 1.54) is 30.4 Å². The molecule has 8 heteroatoms. The Kier molecular flexibility index (Phi) is 7.81. The number of rotatable bonds is 3. The molecule has 4 N–H and O–H groups in total. The first-order chi connectivity index (χ1) is 11.8. The molecular weight excluding hydrogens is 332 g/mol. The lowest BCUT2D eigenvalue weighted by Gasteiger charge is -2.34. The quantitative estimate of drug-likeness (QED) is 0.352. The molecule has 8 nitrogen and oxygen atoms in total. The van der Waals surface area contributed by atoms with Crippen LogP contribution in [-0.4, -0.2) is 50.9 Å². The molecule has 1 aromatic rings. The van der Waals surface area contributed by atoms with E-state index in [0.29, 0.717) is 12.0 Å². The molecule has 1 aromatic carbocycles. The third-order valence-corrected chi connectivity index (χ3v) is 3.79. The van der Waals surface area contributed by atoms with Crippen LogP contribution in [0, 0.1) is 5.92 Å². The lowest BCUT2D eigenvalue weighted by Crippen LogP contribution is -2.44. The highest BCUT2D eigenvalue weighted by Gasteiger charge is 2.35. The second-order valence-corrected chi connectivity index (χ2v) is 5.73. The number of esters is 1. The number of benzene rings is 1. The van der Waals surface area contributed by atoms with Gasteiger partial charge in [-0.25, -0.2) is 4.79 Å². The predicted octanol–water partition coefficient (Wildman–Crippen LogP) is 0.591. The van der Waals surface area contributed by atoms with Gasteiger partial charge >= 0.3 is 12.1 Å². The zero-order chi connectivity index (χ0) is 19.0. The van der Waals surface area contributed by atoms with E-state index >= 15 is 0 Å². The van der Waals surface area contributed by atoms with Gasteiger partial charge in [-0.05, 0) is 36.1 Å². The maximum atomic E-state index is 11.8. The molecule has 25 heavy (non-hydrogen) atoms. The maximum absolute atomic E-state index is 11.8. The largest absolute Gasteiger partial charge is 0.504 e. The monoisotopic (exact) mass is 352 g/mol. The minimum Gasteiger partial charge on any atom is -0.504 e. The van der Waals surface area contributed by atoms with Crippen LogP contribution in [0.1, 0.15) is 25.3 Å². The summed E-state index contributed by atoms with van der Waals surface area (Å²) < 4.78 is 5.17. The van der Waals surface area contributed by atoms with Crippen LogP contribution < -0.4 is 0 Å². The second kappa shape index (κ2) is 9.58. The summed E-state index contributed by atoms with van der Waals surface area (Å²) in [6.07, 6.45) is 1.43. The second-order valence-electron chi connectivity index (χ2n) is 5.73. The lowest BCUT2D eigenvalue weighted by molar-refractivity contribution is -0.191. The zero-order valence-corrected chi connectivity index (χ0v) is 13.5. The van der Waals surface area contributed by atoms with Gasteiger partial charge in [-0.15, -0.1) is 0 Å². The number of carbonyl (C=O) groups is 1. The van der Waals surface area contributed by atoms with Crippen LogP contribution in [-0.2, 0) is 19.1 Å². The van der Waals surface area contributed by atoms with Crippen molar-refractivity contribution in [2.75, 3.05) is 0 Å². The van der Waals surface area contributed by atoms with Crippen LogP contribution in [0.2, 0.25) is 0 Å². The number of phenolic OH excluding ortho intramolecular Hbond substituents is 2. The number of hydrogen-bond acceptors (Lipinski definition) is 8. The molecule has 1 aliphatic rings. The number of aromatic hydroxyl groups is 2. The Bertz CT molecular complexity index is 648. The van der Waals surface area contributed by atoms with Gasteiger partial charge in [0.05, 0.1) is 12.2 Å². The Labute approximate surface area is 144 Å². The normalized spacial score (nSPS) is 25.6. The molecular formula is C17H20O8. The third kappa shape index (κ3) is 6.39. The predicted molar refractivity (Wildman–Crippen MR) is 84.1 cm³/mol. The smallest absolute Gasteiger partial charge is 0.373 e. The van der Waals surface area contributed by atoms with E-state index in [1.807, 2.05) is 0 Å². The Morgan fingerprint density at radius 3 is 2.44 bits per heavy atom. The van der Waals surface area contributed by atoms with Crippen molar-refractivity contribution in [3.8, 4) is 11.5 Å². The highest BCUT2D eigenvalue weighted by molar-refractivity contribution is 5.87. The molecule has 0 radical (unpaired) electrons. The molecule has 1 saturated carbocycles. The molecule has 136 valence electrons. The molecule has 0 bridgehead atoms. The van der Waals surface area contributed by atoms with Gasteiger partial charge in [-0.3, -0.25) is 0 Å². The van der Waals surface area contributed by atoms with Gasteiger partial charge in [0.15, 0.2) is 11.5 Å². The molecule has 0 saturated heterocycles. The Hall–Kier alpha value is -2.67. The molecule has 0 aromatic heterocycles. The van der Waals surface area contributed by atoms with Crippen molar-refractivity contribution in [1.82, 2.24) is 0 Å². The van der Waals surface area contributed by atoms with Crippen molar-refractivity contribution in [3.05, 3.63) is 29.8 Å². The van der Waals surface area contributed by atoms with Crippen molar-refractivity contribution in [1.29, 1.82) is 0 Å². The summed E-state index contributed by atoms with van der Waals surface area (Å²) >= 11 is 0. The van der Waals surface area contributed by atoms with Crippen molar-refractivity contribution in [2.45, 2.75) is 38.1 Å². The number of carbonyl (C=O) groups excluding carboxylic acids is 3. The van der Waals surface area contributed by atoms with Crippen molar-refractivity contribution in [3.63, 3.8) is 0 Å². The molecule has 1 fully saturated rings. The third-order valence-electron chi connectivity index (χ3n) is 3.79. The van der Waals surface area contributed by atoms with Gasteiger partial charge in [0.2, 0.25) is 0 Å². The first-order valence-electron chi connectivity index (χ1n) is 7.54. The van der Waals surface area contributed by atoms with Gasteiger partial charge in [0.25, 0.3) is 0 Å². The Balaban J connectivity index is 0.000000970. The molecule has 4 atom stereocenters. The summed E-state index contributed by atoms with van der Waals surface area (Å²) in [5, 5.41) is 38.2. The van der Waals surface area contributed by atoms with E-state index < -0.39 is 24.3 Å². The summed E-state index contributed by atoms with van der Waals surface area (Å²) in [6.45, 7) is 1.79. The highest BCUT2D eigenvalue weighted by atomic mass is 16.6. The van der Waals surface area contributed by atoms with Crippen LogP contribution in [0.15, 0.2) is 24.3 Å². The minimum absolute atomic E-state index is 0.139. The minimum atomic E-state index is -0.793. The van der Waals surface area contributed by atoms with Gasteiger partial charge < -0.3 is 25.2 Å². The van der Waals surface area contributed by atoms with Crippen LogP contribution in [0.3, 0.4) is 0 Å². The first-order valence-corrected chi connectivity index (χ1v) is 7.54. The number of phenols is 2. The van der Waals surface area contributed by atoms with E-state index in [1.54, 1.807) is 6.92 Å². The number of aliphatic hydroxyl groups is 2. The van der Waals surface area contributed by atoms with E-state index in [-0.39, 0.29) is 30.0 Å². The van der Waals surface area contributed by atoms with Crippen LogP contribution in [0.25, 0.3) is 6.08 Å². The fourth-order valence-electron chi connectivity index (χ4n) is 2.55. The molecule has 0 unspecified atom stereocenters. The lowest BCUT2D eigenvalue weighted by atomic mass is 9.84. The summed E-state index contributed by atoms with van der Waals surface area (Å²) in [5.41, 5.74) is 0.518. The highest BCUT2D eigenvalue weighted by Crippen LogP contribution is 2.27. The van der Waals surface area contributed by atoms with E-state index in [9.17, 15) is 25.2 Å². The van der Waals surface area contributed by atoms with Crippen LogP contribution in [0.4, 0.5) is 0 Å². The number of hydrogen-bond donors (Lipinski definition) is 4. The Morgan fingerprint density at radius 1 is 1.20 bits per heavy atom. The summed E-state index contributed by atoms with van der Waals surface area (Å²) in [6, 6.07) is 4.14.